The van der Waals surface area contributed by atoms with Gasteiger partial charge in [0.25, 0.3) is 20.2 Å². The van der Waals surface area contributed by atoms with Crippen LogP contribution in [-0.2, 0) is 42.9 Å². The molecule has 0 saturated heterocycles. The van der Waals surface area contributed by atoms with E-state index < -0.39 is 45.2 Å². The van der Waals surface area contributed by atoms with Crippen molar-refractivity contribution >= 4 is 32.0 Å². The molecule has 24 heavy (non-hydrogen) atoms. The molecule has 0 heterocycles. The van der Waals surface area contributed by atoms with Gasteiger partial charge in [-0.05, 0) is 33.6 Å². The van der Waals surface area contributed by atoms with Crippen LogP contribution in [0.15, 0.2) is 0 Å². The molecule has 11 heteroatoms. The fourth-order valence-corrected chi connectivity index (χ4v) is 3.43. The minimum atomic E-state index is -3.88. The summed E-state index contributed by atoms with van der Waals surface area (Å²) in [6.45, 7) is 3.27. The number of hydrogen-bond donors (Lipinski definition) is 0. The SMILES string of the molecule is CC(=O)COS(=O)(=O)CCCCCS(=O)(=O)OCC(=O)OC(C)C. The molecule has 0 bridgehead atoms. The number of ketones is 1. The Morgan fingerprint density at radius 2 is 1.29 bits per heavy atom. The van der Waals surface area contributed by atoms with Crippen LogP contribution in [-0.4, -0.2) is 59.4 Å². The third-order valence-electron chi connectivity index (χ3n) is 2.45. The molecule has 0 aliphatic carbocycles. The Morgan fingerprint density at radius 1 is 0.833 bits per heavy atom. The van der Waals surface area contributed by atoms with E-state index in [9.17, 15) is 26.4 Å². The quantitative estimate of drug-likeness (QED) is 0.250. The van der Waals surface area contributed by atoms with E-state index >= 15 is 0 Å². The molecular formula is C13H24O9S2. The van der Waals surface area contributed by atoms with E-state index in [1.807, 2.05) is 0 Å². The third-order valence-corrected chi connectivity index (χ3v) is 4.99. The zero-order valence-electron chi connectivity index (χ0n) is 14.0. The van der Waals surface area contributed by atoms with Crippen molar-refractivity contribution in [1.29, 1.82) is 0 Å². The fourth-order valence-electron chi connectivity index (χ4n) is 1.46. The molecule has 0 fully saturated rings. The first-order valence-electron chi connectivity index (χ1n) is 7.36. The predicted molar refractivity (Wildman–Crippen MR) is 85.2 cm³/mol. The monoisotopic (exact) mass is 388 g/mol. The Balaban J connectivity index is 3.97. The number of hydrogen-bond acceptors (Lipinski definition) is 9. The summed E-state index contributed by atoms with van der Waals surface area (Å²) in [5.41, 5.74) is 0. The second kappa shape index (κ2) is 10.7. The van der Waals surface area contributed by atoms with E-state index in [1.54, 1.807) is 13.8 Å². The van der Waals surface area contributed by atoms with Crippen molar-refractivity contribution in [2.45, 2.75) is 46.1 Å². The van der Waals surface area contributed by atoms with Crippen LogP contribution in [0.5, 0.6) is 0 Å². The molecule has 0 unspecified atom stereocenters. The Kier molecular flexibility index (Phi) is 10.3. The molecular weight excluding hydrogens is 364 g/mol. The van der Waals surface area contributed by atoms with Crippen molar-refractivity contribution < 1.29 is 39.5 Å². The molecule has 0 saturated carbocycles. The lowest BCUT2D eigenvalue weighted by Gasteiger charge is -2.08. The minimum Gasteiger partial charge on any atom is -0.461 e. The average Bonchev–Trinajstić information content (AvgIpc) is 2.42. The van der Waals surface area contributed by atoms with Crippen molar-refractivity contribution in [3.05, 3.63) is 0 Å². The van der Waals surface area contributed by atoms with Crippen LogP contribution < -0.4 is 0 Å². The first-order valence-corrected chi connectivity index (χ1v) is 10.5. The summed E-state index contributed by atoms with van der Waals surface area (Å²) < 4.78 is 59.6. The Bertz CT molecular complexity index is 605. The fraction of sp³-hybridized carbons (Fsp3) is 0.846. The molecule has 142 valence electrons. The average molecular weight is 388 g/mol. The van der Waals surface area contributed by atoms with Crippen LogP contribution in [0.4, 0.5) is 0 Å². The van der Waals surface area contributed by atoms with E-state index in [-0.39, 0.29) is 30.5 Å². The zero-order chi connectivity index (χ0) is 18.8. The van der Waals surface area contributed by atoms with Crippen LogP contribution in [0.3, 0.4) is 0 Å². The highest BCUT2D eigenvalue weighted by Crippen LogP contribution is 2.06. The number of carbonyl (C=O) groups excluding carboxylic acids is 2. The van der Waals surface area contributed by atoms with Crippen LogP contribution in [0, 0.1) is 0 Å². The van der Waals surface area contributed by atoms with Crippen LogP contribution in [0.25, 0.3) is 0 Å². The molecule has 0 spiro atoms. The van der Waals surface area contributed by atoms with Gasteiger partial charge in [-0.1, -0.05) is 6.42 Å². The highest BCUT2D eigenvalue weighted by molar-refractivity contribution is 7.87. The molecule has 0 rings (SSSR count). The normalized spacial score (nSPS) is 12.3. The smallest absolute Gasteiger partial charge is 0.333 e. The Hall–Kier alpha value is -1.04. The van der Waals surface area contributed by atoms with Gasteiger partial charge in [-0.3, -0.25) is 13.2 Å². The molecule has 0 aliphatic rings. The molecule has 0 amide bonds. The van der Waals surface area contributed by atoms with Crippen molar-refractivity contribution in [3.8, 4) is 0 Å². The van der Waals surface area contributed by atoms with Crippen molar-refractivity contribution in [2.75, 3.05) is 24.7 Å². The van der Waals surface area contributed by atoms with Gasteiger partial charge in [0.1, 0.15) is 6.61 Å². The van der Waals surface area contributed by atoms with Crippen molar-refractivity contribution in [3.63, 3.8) is 0 Å². The van der Waals surface area contributed by atoms with E-state index in [0.717, 1.165) is 0 Å². The molecule has 0 aromatic heterocycles. The molecule has 9 nitrogen and oxygen atoms in total. The molecule has 0 N–H and O–H groups in total. The van der Waals surface area contributed by atoms with Crippen LogP contribution in [0.1, 0.15) is 40.0 Å². The highest BCUT2D eigenvalue weighted by atomic mass is 32.2. The summed E-state index contributed by atoms with van der Waals surface area (Å²) in [6.07, 6.45) is 0.298. The number of Topliss-reactive ketones (excluding diaryl/α,β-unsaturated/α-hetero) is 1. The minimum absolute atomic E-state index is 0.170. The summed E-state index contributed by atoms with van der Waals surface area (Å²) in [4.78, 5) is 21.8. The lowest BCUT2D eigenvalue weighted by Crippen LogP contribution is -2.21. The number of ether oxygens (including phenoxy) is 1. The van der Waals surface area contributed by atoms with Crippen LogP contribution in [0.2, 0.25) is 0 Å². The first-order chi connectivity index (χ1) is 10.9. The van der Waals surface area contributed by atoms with E-state index in [0.29, 0.717) is 6.42 Å². The maximum Gasteiger partial charge on any atom is 0.333 e. The highest BCUT2D eigenvalue weighted by Gasteiger charge is 2.16. The van der Waals surface area contributed by atoms with Gasteiger partial charge in [0.15, 0.2) is 12.4 Å². The second-order valence-corrected chi connectivity index (χ2v) is 8.87. The van der Waals surface area contributed by atoms with E-state index in [2.05, 4.69) is 8.37 Å². The number of carbonyl (C=O) groups is 2. The zero-order valence-corrected chi connectivity index (χ0v) is 15.7. The third kappa shape index (κ3) is 13.4. The largest absolute Gasteiger partial charge is 0.461 e. The number of rotatable bonds is 13. The van der Waals surface area contributed by atoms with E-state index in [4.69, 9.17) is 4.74 Å². The standard InChI is InChI=1S/C13H24O9S2/c1-11(2)22-13(15)10-21-24(18,19)8-6-4-5-7-23(16,17)20-9-12(3)14/h11H,4-10H2,1-3H3. The maximum atomic E-state index is 11.5. The Morgan fingerprint density at radius 3 is 1.71 bits per heavy atom. The van der Waals surface area contributed by atoms with Gasteiger partial charge in [0, 0.05) is 0 Å². The van der Waals surface area contributed by atoms with Gasteiger partial charge in [0.05, 0.1) is 17.6 Å². The first kappa shape index (κ1) is 23.0. The summed E-state index contributed by atoms with van der Waals surface area (Å²) >= 11 is 0. The van der Waals surface area contributed by atoms with Gasteiger partial charge in [-0.15, -0.1) is 0 Å². The maximum absolute atomic E-state index is 11.5. The van der Waals surface area contributed by atoms with Gasteiger partial charge >= 0.3 is 5.97 Å². The van der Waals surface area contributed by atoms with Crippen LogP contribution >= 0.6 is 0 Å². The van der Waals surface area contributed by atoms with Gasteiger partial charge in [-0.25, -0.2) is 4.79 Å². The molecule has 0 aromatic rings. The molecule has 0 aliphatic heterocycles. The lowest BCUT2D eigenvalue weighted by molar-refractivity contribution is -0.149. The van der Waals surface area contributed by atoms with Gasteiger partial charge in [0.2, 0.25) is 0 Å². The molecule has 0 atom stereocenters. The van der Waals surface area contributed by atoms with Gasteiger partial charge < -0.3 is 4.74 Å². The Labute approximate surface area is 142 Å². The predicted octanol–water partition coefficient (Wildman–Crippen LogP) is 0.390. The van der Waals surface area contributed by atoms with Gasteiger partial charge in [-0.2, -0.15) is 16.8 Å². The number of unbranched alkanes of at least 4 members (excludes halogenated alkanes) is 2. The lowest BCUT2D eigenvalue weighted by atomic mass is 10.3. The molecule has 0 aromatic carbocycles. The summed E-state index contributed by atoms with van der Waals surface area (Å²) in [7, 11) is -7.66. The van der Waals surface area contributed by atoms with E-state index in [1.165, 1.54) is 6.92 Å². The summed E-state index contributed by atoms with van der Waals surface area (Å²) in [5, 5.41) is 0. The number of esters is 1. The van der Waals surface area contributed by atoms with Crippen molar-refractivity contribution in [1.82, 2.24) is 0 Å². The summed E-state index contributed by atoms with van der Waals surface area (Å²) in [6, 6.07) is 0. The molecule has 0 radical (unpaired) electrons. The summed E-state index contributed by atoms with van der Waals surface area (Å²) in [5.74, 6) is -1.82. The van der Waals surface area contributed by atoms with Crippen molar-refractivity contribution in [2.24, 2.45) is 0 Å². The topological polar surface area (TPSA) is 130 Å². The second-order valence-electron chi connectivity index (χ2n) is 5.35.